The molecule has 0 aliphatic carbocycles. The van der Waals surface area contributed by atoms with Gasteiger partial charge in [-0.2, -0.15) is 17.6 Å². The van der Waals surface area contributed by atoms with Gasteiger partial charge in [0.05, 0.1) is 19.4 Å². The van der Waals surface area contributed by atoms with Gasteiger partial charge in [-0.05, 0) is 25.1 Å². The van der Waals surface area contributed by atoms with Gasteiger partial charge in [0.2, 0.25) is 5.82 Å². The average molecular weight is 490 g/mol. The van der Waals surface area contributed by atoms with Gasteiger partial charge < -0.3 is 25.0 Å². The Balaban J connectivity index is 2.05. The molecular formula is C22H23F5N2O5. The van der Waals surface area contributed by atoms with Gasteiger partial charge in [0.15, 0.2) is 17.2 Å². The normalized spacial score (nSPS) is 25.8. The van der Waals surface area contributed by atoms with E-state index in [-0.39, 0.29) is 16.9 Å². The van der Waals surface area contributed by atoms with Crippen molar-refractivity contribution in [3.8, 4) is 5.75 Å². The molecule has 1 aliphatic heterocycles. The number of aliphatic hydroxyl groups excluding tert-OH is 2. The minimum absolute atomic E-state index is 0.0139. The third kappa shape index (κ3) is 4.44. The second-order valence-corrected chi connectivity index (χ2v) is 8.10. The zero-order valence-corrected chi connectivity index (χ0v) is 18.4. The first-order chi connectivity index (χ1) is 15.9. The molecule has 1 aromatic heterocycles. The Hall–Kier alpha value is -2.83. The summed E-state index contributed by atoms with van der Waals surface area (Å²) in [7, 11) is 1.03. The molecular weight excluding hydrogens is 467 g/mol. The van der Waals surface area contributed by atoms with Gasteiger partial charge in [-0.15, -0.1) is 0 Å². The Bertz CT molecular complexity index is 1070. The van der Waals surface area contributed by atoms with Crippen molar-refractivity contribution in [2.75, 3.05) is 19.0 Å². The van der Waals surface area contributed by atoms with Crippen molar-refractivity contribution in [1.82, 2.24) is 4.98 Å². The second kappa shape index (κ2) is 9.43. The predicted molar refractivity (Wildman–Crippen MR) is 109 cm³/mol. The zero-order valence-electron chi connectivity index (χ0n) is 18.4. The fourth-order valence-electron chi connectivity index (χ4n) is 4.06. The van der Waals surface area contributed by atoms with Gasteiger partial charge in [-0.3, -0.25) is 9.78 Å². The highest BCUT2D eigenvalue weighted by atomic mass is 19.4. The maximum absolute atomic E-state index is 14.4. The number of halogens is 5. The number of nitrogens with one attached hydrogen (secondary N) is 1. The largest absolute Gasteiger partial charge is 0.493 e. The van der Waals surface area contributed by atoms with Crippen LogP contribution >= 0.6 is 0 Å². The SMILES string of the molecule is COc1c([C@@H]2[C@@H](C(=O)Nc3ccnc([C@H](O)CO)c3)O[C@](C)(C(F)(F)F)[C@@H]2C)ccc(F)c1F. The molecule has 0 bridgehead atoms. The van der Waals surface area contributed by atoms with Crippen LogP contribution in [0.5, 0.6) is 5.75 Å². The summed E-state index contributed by atoms with van der Waals surface area (Å²) in [4.78, 5) is 17.0. The molecule has 0 unspecified atom stereocenters. The molecule has 7 nitrogen and oxygen atoms in total. The number of hydrogen-bond acceptors (Lipinski definition) is 6. The molecule has 34 heavy (non-hydrogen) atoms. The standard InChI is InChI=1S/C22H23F5N2O5/c1-10-16(12-4-5-13(23)17(24)18(12)33-3)19(34-21(10,2)22(25,26)27)20(32)29-11-6-7-28-14(8-11)15(31)9-30/h4-8,10,15-16,19,30-31H,9H2,1-3H3,(H,28,29,32)/t10-,15-,16-,19+,21+/m1/s1. The lowest BCUT2D eigenvalue weighted by Crippen LogP contribution is -2.47. The van der Waals surface area contributed by atoms with E-state index < -0.39 is 65.7 Å². The monoisotopic (exact) mass is 490 g/mol. The first-order valence-electron chi connectivity index (χ1n) is 10.2. The average Bonchev–Trinajstić information content (AvgIpc) is 3.07. The van der Waals surface area contributed by atoms with Crippen molar-refractivity contribution in [3.05, 3.63) is 53.4 Å². The number of alkyl halides is 3. The number of aromatic nitrogens is 1. The Morgan fingerprint density at radius 2 is 2.00 bits per heavy atom. The zero-order chi connectivity index (χ0) is 25.4. The van der Waals surface area contributed by atoms with E-state index >= 15 is 0 Å². The van der Waals surface area contributed by atoms with Gasteiger partial charge in [-0.1, -0.05) is 13.0 Å². The molecule has 12 heteroatoms. The Kier molecular flexibility index (Phi) is 7.15. The molecule has 1 aromatic carbocycles. The number of benzene rings is 1. The van der Waals surface area contributed by atoms with Crippen LogP contribution in [0.15, 0.2) is 30.5 Å². The fourth-order valence-corrected chi connectivity index (χ4v) is 4.06. The number of rotatable bonds is 6. The van der Waals surface area contributed by atoms with Crippen LogP contribution in [0.4, 0.5) is 27.6 Å². The summed E-state index contributed by atoms with van der Waals surface area (Å²) in [5.41, 5.74) is -2.87. The fraction of sp³-hybridized carbons (Fsp3) is 0.455. The highest BCUT2D eigenvalue weighted by Crippen LogP contribution is 2.55. The molecule has 1 aliphatic rings. The summed E-state index contributed by atoms with van der Waals surface area (Å²) in [5, 5.41) is 21.2. The van der Waals surface area contributed by atoms with Crippen molar-refractivity contribution in [2.45, 2.75) is 43.8 Å². The molecule has 3 N–H and O–H groups in total. The number of aliphatic hydroxyl groups is 2. The lowest BCUT2D eigenvalue weighted by atomic mass is 9.77. The van der Waals surface area contributed by atoms with E-state index in [4.69, 9.17) is 14.6 Å². The number of hydrogen-bond donors (Lipinski definition) is 3. The molecule has 1 saturated heterocycles. The minimum atomic E-state index is -4.89. The quantitative estimate of drug-likeness (QED) is 0.537. The molecule has 3 rings (SSSR count). The van der Waals surface area contributed by atoms with E-state index in [1.807, 2.05) is 0 Å². The minimum Gasteiger partial charge on any atom is -0.493 e. The summed E-state index contributed by atoms with van der Waals surface area (Å²) < 4.78 is 80.3. The van der Waals surface area contributed by atoms with Crippen LogP contribution in [0.3, 0.4) is 0 Å². The van der Waals surface area contributed by atoms with Crippen molar-refractivity contribution in [3.63, 3.8) is 0 Å². The van der Waals surface area contributed by atoms with E-state index in [0.717, 1.165) is 26.2 Å². The molecule has 5 atom stereocenters. The van der Waals surface area contributed by atoms with Gasteiger partial charge in [0.1, 0.15) is 12.2 Å². The Labute approximate surface area is 191 Å². The Morgan fingerprint density at radius 3 is 2.59 bits per heavy atom. The van der Waals surface area contributed by atoms with Crippen LogP contribution in [0, 0.1) is 17.6 Å². The van der Waals surface area contributed by atoms with Crippen molar-refractivity contribution in [1.29, 1.82) is 0 Å². The number of nitrogens with zero attached hydrogens (tertiary/aromatic N) is 1. The van der Waals surface area contributed by atoms with Crippen LogP contribution in [0.25, 0.3) is 0 Å². The molecule has 0 radical (unpaired) electrons. The van der Waals surface area contributed by atoms with Crippen molar-refractivity contribution >= 4 is 11.6 Å². The molecule has 1 amide bonds. The van der Waals surface area contributed by atoms with E-state index in [2.05, 4.69) is 10.3 Å². The first-order valence-corrected chi connectivity index (χ1v) is 10.2. The van der Waals surface area contributed by atoms with Gasteiger partial charge in [0, 0.05) is 29.3 Å². The second-order valence-electron chi connectivity index (χ2n) is 8.10. The summed E-state index contributed by atoms with van der Waals surface area (Å²) >= 11 is 0. The van der Waals surface area contributed by atoms with E-state index in [1.165, 1.54) is 25.3 Å². The number of anilines is 1. The van der Waals surface area contributed by atoms with Crippen LogP contribution in [0.1, 0.15) is 37.1 Å². The number of pyridine rings is 1. The summed E-state index contributed by atoms with van der Waals surface area (Å²) in [6, 6.07) is 4.35. The van der Waals surface area contributed by atoms with Gasteiger partial charge in [0.25, 0.3) is 5.91 Å². The highest BCUT2D eigenvalue weighted by Gasteiger charge is 2.65. The number of carbonyl (C=O) groups is 1. The lowest BCUT2D eigenvalue weighted by molar-refractivity contribution is -0.272. The molecule has 2 heterocycles. The molecule has 2 aromatic rings. The first kappa shape index (κ1) is 25.8. The topological polar surface area (TPSA) is 101 Å². The predicted octanol–water partition coefficient (Wildman–Crippen LogP) is 3.47. The van der Waals surface area contributed by atoms with Crippen LogP contribution < -0.4 is 10.1 Å². The number of methoxy groups -OCH3 is 1. The summed E-state index contributed by atoms with van der Waals surface area (Å²) in [5.74, 6) is -7.04. The Morgan fingerprint density at radius 1 is 1.32 bits per heavy atom. The molecule has 186 valence electrons. The smallest absolute Gasteiger partial charge is 0.417 e. The lowest BCUT2D eigenvalue weighted by Gasteiger charge is -2.32. The number of amides is 1. The van der Waals surface area contributed by atoms with Crippen LogP contribution in [-0.2, 0) is 9.53 Å². The molecule has 1 fully saturated rings. The van der Waals surface area contributed by atoms with Crippen LogP contribution in [-0.4, -0.2) is 52.7 Å². The van der Waals surface area contributed by atoms with Crippen molar-refractivity contribution < 1.29 is 46.4 Å². The summed E-state index contributed by atoms with van der Waals surface area (Å²) in [6.07, 6.45) is -6.77. The maximum Gasteiger partial charge on any atom is 0.417 e. The summed E-state index contributed by atoms with van der Waals surface area (Å²) in [6.45, 7) is 1.34. The van der Waals surface area contributed by atoms with E-state index in [1.54, 1.807) is 0 Å². The maximum atomic E-state index is 14.4. The molecule has 0 spiro atoms. The van der Waals surface area contributed by atoms with Crippen molar-refractivity contribution in [2.24, 2.45) is 5.92 Å². The van der Waals surface area contributed by atoms with E-state index in [9.17, 15) is 31.9 Å². The van der Waals surface area contributed by atoms with Gasteiger partial charge in [-0.25, -0.2) is 4.39 Å². The molecule has 0 saturated carbocycles. The van der Waals surface area contributed by atoms with Gasteiger partial charge >= 0.3 is 6.18 Å². The third-order valence-electron chi connectivity index (χ3n) is 6.13. The van der Waals surface area contributed by atoms with E-state index in [0.29, 0.717) is 0 Å². The van der Waals surface area contributed by atoms with Crippen LogP contribution in [0.2, 0.25) is 0 Å². The number of carbonyl (C=O) groups excluding carboxylic acids is 1. The number of ether oxygens (including phenoxy) is 2. The highest BCUT2D eigenvalue weighted by molar-refractivity contribution is 5.95. The third-order valence-corrected chi connectivity index (χ3v) is 6.13.